The van der Waals surface area contributed by atoms with E-state index in [-0.39, 0.29) is 5.91 Å². The Bertz CT molecular complexity index is 1190. The van der Waals surface area contributed by atoms with E-state index in [0.717, 1.165) is 28.2 Å². The summed E-state index contributed by atoms with van der Waals surface area (Å²) in [5.41, 5.74) is 4.00. The maximum atomic E-state index is 11.7. The zero-order valence-corrected chi connectivity index (χ0v) is 16.8. The third-order valence-electron chi connectivity index (χ3n) is 4.66. The van der Waals surface area contributed by atoms with E-state index in [9.17, 15) is 4.79 Å². The van der Waals surface area contributed by atoms with Crippen molar-refractivity contribution >= 4 is 16.9 Å². The normalized spacial score (nSPS) is 11.3. The number of carbonyl (C=O) groups excluding carboxylic acids is 1. The van der Waals surface area contributed by atoms with Gasteiger partial charge in [0.25, 0.3) is 5.91 Å². The van der Waals surface area contributed by atoms with Gasteiger partial charge in [-0.05, 0) is 32.9 Å². The van der Waals surface area contributed by atoms with Crippen molar-refractivity contribution in [2.24, 2.45) is 0 Å². The zero-order chi connectivity index (χ0) is 20.5. The highest BCUT2D eigenvalue weighted by Gasteiger charge is 2.13. The van der Waals surface area contributed by atoms with Crippen molar-refractivity contribution in [3.63, 3.8) is 0 Å². The number of carbonyl (C=O) groups is 1. The number of pyridine rings is 1. The van der Waals surface area contributed by atoms with E-state index in [4.69, 9.17) is 0 Å². The van der Waals surface area contributed by atoms with Gasteiger partial charge in [0.05, 0.1) is 17.4 Å². The molecule has 0 aliphatic rings. The smallest absolute Gasteiger partial charge is 0.271 e. The molecule has 0 bridgehead atoms. The number of fused-ring (bicyclic) bond motifs is 1. The quantitative estimate of drug-likeness (QED) is 0.561. The Labute approximate surface area is 167 Å². The highest BCUT2D eigenvalue weighted by molar-refractivity contribution is 5.91. The van der Waals surface area contributed by atoms with Gasteiger partial charge in [0.15, 0.2) is 0 Å². The summed E-state index contributed by atoms with van der Waals surface area (Å²) < 4.78 is 3.83. The van der Waals surface area contributed by atoms with Gasteiger partial charge in [-0.3, -0.25) is 14.3 Å². The Morgan fingerprint density at radius 1 is 1.17 bits per heavy atom. The second-order valence-corrected chi connectivity index (χ2v) is 7.06. The Balaban J connectivity index is 1.63. The fourth-order valence-corrected chi connectivity index (χ4v) is 3.38. The molecule has 0 spiro atoms. The molecule has 148 valence electrons. The summed E-state index contributed by atoms with van der Waals surface area (Å²) in [5, 5.41) is 2.55. The monoisotopic (exact) mass is 390 g/mol. The number of aromatic nitrogens is 7. The maximum Gasteiger partial charge on any atom is 0.271 e. The van der Waals surface area contributed by atoms with Gasteiger partial charge < -0.3 is 9.88 Å². The molecule has 1 N–H and O–H groups in total. The fourth-order valence-electron chi connectivity index (χ4n) is 3.38. The van der Waals surface area contributed by atoms with Crippen LogP contribution in [0.1, 0.15) is 47.6 Å². The average Bonchev–Trinajstić information content (AvgIpc) is 3.31. The molecule has 0 aromatic carbocycles. The molecule has 29 heavy (non-hydrogen) atoms. The standard InChI is InChI=1S/C20H22N8O/c1-12(2)28-13(3)25-16-9-23-15(8-18(16)28)7-14-5-6-22-20(26-14)27-10-17(24-11-27)19(29)21-4/h5-6,8-12H,7H2,1-4H3,(H,21,29). The molecule has 0 saturated heterocycles. The lowest BCUT2D eigenvalue weighted by atomic mass is 10.2. The maximum absolute atomic E-state index is 11.7. The van der Waals surface area contributed by atoms with E-state index in [1.165, 1.54) is 6.33 Å². The van der Waals surface area contributed by atoms with Crippen molar-refractivity contribution in [2.75, 3.05) is 7.05 Å². The molecule has 1 amide bonds. The molecule has 0 saturated carbocycles. The molecule has 4 rings (SSSR count). The van der Waals surface area contributed by atoms with Crippen LogP contribution >= 0.6 is 0 Å². The largest absolute Gasteiger partial charge is 0.354 e. The molecule has 4 aromatic rings. The number of amides is 1. The number of rotatable bonds is 5. The molecule has 9 heteroatoms. The van der Waals surface area contributed by atoms with Gasteiger partial charge in [-0.15, -0.1) is 0 Å². The lowest BCUT2D eigenvalue weighted by Gasteiger charge is -2.11. The highest BCUT2D eigenvalue weighted by Crippen LogP contribution is 2.21. The Hall–Kier alpha value is -3.62. The minimum Gasteiger partial charge on any atom is -0.354 e. The molecule has 4 heterocycles. The molecule has 0 aliphatic carbocycles. The van der Waals surface area contributed by atoms with Gasteiger partial charge >= 0.3 is 0 Å². The third-order valence-corrected chi connectivity index (χ3v) is 4.66. The predicted octanol–water partition coefficient (Wildman–Crippen LogP) is 2.25. The number of aryl methyl sites for hydroxylation is 1. The minimum atomic E-state index is -0.255. The molecule has 0 aliphatic heterocycles. The van der Waals surface area contributed by atoms with Gasteiger partial charge in [0, 0.05) is 37.6 Å². The Morgan fingerprint density at radius 3 is 2.76 bits per heavy atom. The summed E-state index contributed by atoms with van der Waals surface area (Å²) in [6, 6.07) is 4.24. The number of imidazole rings is 2. The number of nitrogens with zero attached hydrogens (tertiary/aromatic N) is 7. The first-order valence-corrected chi connectivity index (χ1v) is 9.38. The summed E-state index contributed by atoms with van der Waals surface area (Å²) in [4.78, 5) is 33.8. The van der Waals surface area contributed by atoms with Crippen LogP contribution in [0.25, 0.3) is 17.0 Å². The fraction of sp³-hybridized carbons (Fsp3) is 0.300. The molecule has 4 aromatic heterocycles. The SMILES string of the molecule is CNC(=O)c1cn(-c2nccc(Cc3cc4c(cn3)nc(C)n4C(C)C)n2)cn1. The van der Waals surface area contributed by atoms with Crippen LogP contribution < -0.4 is 5.32 Å². The first-order valence-electron chi connectivity index (χ1n) is 9.38. The van der Waals surface area contributed by atoms with Crippen LogP contribution in [-0.2, 0) is 6.42 Å². The molecule has 0 unspecified atom stereocenters. The molecule has 0 atom stereocenters. The molecule has 9 nitrogen and oxygen atoms in total. The second kappa shape index (κ2) is 7.42. The number of hydrogen-bond acceptors (Lipinski definition) is 6. The lowest BCUT2D eigenvalue weighted by molar-refractivity contribution is 0.0958. The molecular weight excluding hydrogens is 368 g/mol. The Morgan fingerprint density at radius 2 is 2.00 bits per heavy atom. The van der Waals surface area contributed by atoms with Crippen LogP contribution in [0.15, 0.2) is 37.1 Å². The lowest BCUT2D eigenvalue weighted by Crippen LogP contribution is -2.18. The van der Waals surface area contributed by atoms with Crippen LogP contribution in [-0.4, -0.2) is 47.0 Å². The van der Waals surface area contributed by atoms with Crippen molar-refractivity contribution < 1.29 is 4.79 Å². The topological polar surface area (TPSA) is 103 Å². The van der Waals surface area contributed by atoms with Crippen molar-refractivity contribution in [3.05, 3.63) is 60.0 Å². The van der Waals surface area contributed by atoms with Crippen LogP contribution in [0.2, 0.25) is 0 Å². The van der Waals surface area contributed by atoms with E-state index >= 15 is 0 Å². The number of nitrogens with one attached hydrogen (secondary N) is 1. The first kappa shape index (κ1) is 18.7. The average molecular weight is 390 g/mol. The Kier molecular flexibility index (Phi) is 4.79. The van der Waals surface area contributed by atoms with E-state index in [1.54, 1.807) is 24.0 Å². The molecule has 0 radical (unpaired) electrons. The van der Waals surface area contributed by atoms with Crippen LogP contribution in [0.4, 0.5) is 0 Å². The van der Waals surface area contributed by atoms with Crippen LogP contribution in [0.3, 0.4) is 0 Å². The second-order valence-electron chi connectivity index (χ2n) is 7.06. The summed E-state index contributed by atoms with van der Waals surface area (Å²) in [5.74, 6) is 1.18. The highest BCUT2D eigenvalue weighted by atomic mass is 16.1. The van der Waals surface area contributed by atoms with Crippen LogP contribution in [0, 0.1) is 6.92 Å². The van der Waals surface area contributed by atoms with Crippen molar-refractivity contribution in [1.82, 2.24) is 39.4 Å². The predicted molar refractivity (Wildman–Crippen MR) is 108 cm³/mol. The van der Waals surface area contributed by atoms with Gasteiger partial charge in [-0.25, -0.2) is 19.9 Å². The van der Waals surface area contributed by atoms with Crippen molar-refractivity contribution in [2.45, 2.75) is 33.2 Å². The van der Waals surface area contributed by atoms with Crippen molar-refractivity contribution in [1.29, 1.82) is 0 Å². The van der Waals surface area contributed by atoms with Gasteiger partial charge in [-0.1, -0.05) is 0 Å². The first-order chi connectivity index (χ1) is 14.0. The van der Waals surface area contributed by atoms with E-state index in [1.807, 2.05) is 19.2 Å². The number of hydrogen-bond donors (Lipinski definition) is 1. The van der Waals surface area contributed by atoms with E-state index in [2.05, 4.69) is 54.7 Å². The van der Waals surface area contributed by atoms with Crippen LogP contribution in [0.5, 0.6) is 0 Å². The van der Waals surface area contributed by atoms with E-state index < -0.39 is 0 Å². The molecular formula is C20H22N8O. The third kappa shape index (κ3) is 3.58. The van der Waals surface area contributed by atoms with Gasteiger partial charge in [-0.2, -0.15) is 0 Å². The summed E-state index contributed by atoms with van der Waals surface area (Å²) >= 11 is 0. The zero-order valence-electron chi connectivity index (χ0n) is 16.8. The molecule has 0 fully saturated rings. The van der Waals surface area contributed by atoms with Gasteiger partial charge in [0.1, 0.15) is 23.4 Å². The summed E-state index contributed by atoms with van der Waals surface area (Å²) in [7, 11) is 1.56. The summed E-state index contributed by atoms with van der Waals surface area (Å²) in [6.07, 6.45) is 7.19. The minimum absolute atomic E-state index is 0.255. The van der Waals surface area contributed by atoms with E-state index in [0.29, 0.717) is 24.1 Å². The van der Waals surface area contributed by atoms with Gasteiger partial charge in [0.2, 0.25) is 5.95 Å². The summed E-state index contributed by atoms with van der Waals surface area (Å²) in [6.45, 7) is 6.29. The van der Waals surface area contributed by atoms with Crippen molar-refractivity contribution in [3.8, 4) is 5.95 Å².